The Morgan fingerprint density at radius 1 is 1.14 bits per heavy atom. The van der Waals surface area contributed by atoms with Gasteiger partial charge >= 0.3 is 0 Å². The number of hydrogen-bond donors (Lipinski definition) is 3. The van der Waals surface area contributed by atoms with Crippen LogP contribution in [0, 0.1) is 0 Å². The number of nitrogens with zero attached hydrogens (tertiary/aromatic N) is 3. The second kappa shape index (κ2) is 8.06. The second-order valence-electron chi connectivity index (χ2n) is 6.64. The van der Waals surface area contributed by atoms with Crippen molar-refractivity contribution in [2.75, 3.05) is 31.1 Å². The zero-order valence-electron chi connectivity index (χ0n) is 15.4. The normalized spacial score (nSPS) is 14.5. The molecule has 3 aromatic rings. The number of anilines is 1. The molecule has 142 valence electrons. The smallest absolute Gasteiger partial charge is 0.252 e. The fourth-order valence-corrected chi connectivity index (χ4v) is 3.29. The van der Waals surface area contributed by atoms with Crippen LogP contribution in [0.25, 0.3) is 23.4 Å². The van der Waals surface area contributed by atoms with E-state index in [9.17, 15) is 4.79 Å². The van der Waals surface area contributed by atoms with Gasteiger partial charge in [0, 0.05) is 56.0 Å². The Balaban J connectivity index is 1.64. The van der Waals surface area contributed by atoms with Crippen LogP contribution >= 0.6 is 0 Å². The highest BCUT2D eigenvalue weighted by molar-refractivity contribution is 5.99. The molecule has 1 aliphatic heterocycles. The lowest BCUT2D eigenvalue weighted by Gasteiger charge is -2.28. The van der Waals surface area contributed by atoms with Crippen LogP contribution in [-0.4, -0.2) is 47.0 Å². The van der Waals surface area contributed by atoms with E-state index in [2.05, 4.69) is 25.2 Å². The number of piperazine rings is 1. The molecule has 1 saturated heterocycles. The van der Waals surface area contributed by atoms with Gasteiger partial charge in [-0.1, -0.05) is 12.1 Å². The molecule has 1 aliphatic rings. The number of nitrogens with one attached hydrogen (secondary N) is 2. The third-order valence-corrected chi connectivity index (χ3v) is 4.72. The molecule has 4 rings (SSSR count). The summed E-state index contributed by atoms with van der Waals surface area (Å²) in [5.41, 5.74) is 9.76. The number of H-pyrrole nitrogens is 1. The molecule has 1 amide bonds. The minimum absolute atomic E-state index is 0.429. The summed E-state index contributed by atoms with van der Waals surface area (Å²) < 4.78 is 0. The number of pyridine rings is 2. The third-order valence-electron chi connectivity index (χ3n) is 4.72. The number of aromatic nitrogens is 3. The summed E-state index contributed by atoms with van der Waals surface area (Å²) in [7, 11) is 0. The molecule has 0 aliphatic carbocycles. The molecule has 0 radical (unpaired) electrons. The monoisotopic (exact) mass is 374 g/mol. The molecule has 0 saturated carbocycles. The van der Waals surface area contributed by atoms with E-state index in [-0.39, 0.29) is 0 Å². The summed E-state index contributed by atoms with van der Waals surface area (Å²) in [6.07, 6.45) is 9.20. The molecule has 0 unspecified atom stereocenters. The minimum Gasteiger partial charge on any atom is -0.365 e. The maximum atomic E-state index is 12.0. The predicted molar refractivity (Wildman–Crippen MR) is 111 cm³/mol. The zero-order chi connectivity index (χ0) is 19.3. The highest BCUT2D eigenvalue weighted by atomic mass is 16.1. The van der Waals surface area contributed by atoms with Crippen LogP contribution in [0.15, 0.2) is 48.9 Å². The molecule has 0 bridgehead atoms. The summed E-state index contributed by atoms with van der Waals surface area (Å²) >= 11 is 0. The van der Waals surface area contributed by atoms with Crippen molar-refractivity contribution >= 4 is 23.9 Å². The van der Waals surface area contributed by atoms with Crippen molar-refractivity contribution in [3.05, 3.63) is 65.7 Å². The number of rotatable bonds is 5. The van der Waals surface area contributed by atoms with Crippen LogP contribution in [0.5, 0.6) is 0 Å². The van der Waals surface area contributed by atoms with Gasteiger partial charge in [0.15, 0.2) is 0 Å². The molecule has 4 heterocycles. The van der Waals surface area contributed by atoms with E-state index in [1.165, 1.54) is 0 Å². The van der Waals surface area contributed by atoms with Crippen LogP contribution in [0.3, 0.4) is 0 Å². The van der Waals surface area contributed by atoms with Gasteiger partial charge in [-0.25, -0.2) is 0 Å². The fourth-order valence-electron chi connectivity index (χ4n) is 3.29. The van der Waals surface area contributed by atoms with Crippen molar-refractivity contribution in [2.24, 2.45) is 5.73 Å². The Morgan fingerprint density at radius 2 is 2.00 bits per heavy atom. The first-order valence-corrected chi connectivity index (χ1v) is 9.24. The van der Waals surface area contributed by atoms with Crippen LogP contribution < -0.4 is 16.0 Å². The Hall–Kier alpha value is -3.45. The molecule has 4 N–H and O–H groups in total. The molecular weight excluding hydrogens is 352 g/mol. The van der Waals surface area contributed by atoms with E-state index in [0.29, 0.717) is 5.56 Å². The van der Waals surface area contributed by atoms with Crippen LogP contribution in [0.1, 0.15) is 21.6 Å². The minimum atomic E-state index is -0.429. The molecule has 7 heteroatoms. The molecule has 7 nitrogen and oxygen atoms in total. The lowest BCUT2D eigenvalue weighted by molar-refractivity contribution is 0.100. The van der Waals surface area contributed by atoms with Crippen LogP contribution in [0.4, 0.5) is 5.82 Å². The van der Waals surface area contributed by atoms with Gasteiger partial charge in [-0.2, -0.15) is 0 Å². The quantitative estimate of drug-likeness (QED) is 0.635. The highest BCUT2D eigenvalue weighted by Gasteiger charge is 2.20. The largest absolute Gasteiger partial charge is 0.365 e. The van der Waals surface area contributed by atoms with Gasteiger partial charge in [-0.05, 0) is 35.9 Å². The Bertz CT molecular complexity index is 989. The number of aromatic amines is 1. The van der Waals surface area contributed by atoms with Crippen molar-refractivity contribution < 1.29 is 4.79 Å². The van der Waals surface area contributed by atoms with E-state index >= 15 is 0 Å². The number of hydrogen-bond acceptors (Lipinski definition) is 5. The van der Waals surface area contributed by atoms with Gasteiger partial charge in [0.25, 0.3) is 5.91 Å². The second-order valence-corrected chi connectivity index (χ2v) is 6.64. The molecule has 0 aromatic carbocycles. The van der Waals surface area contributed by atoms with Gasteiger partial charge in [0.05, 0.1) is 11.3 Å². The first-order chi connectivity index (χ1) is 13.7. The summed E-state index contributed by atoms with van der Waals surface area (Å²) in [5, 5.41) is 3.31. The standard InChI is InChI=1S/C21H22N6O/c22-20(28)18-13-19(26-21(18)27-10-8-23-9-11-27)16-5-7-25-17(12-16)4-3-15-2-1-6-24-14-15/h1-7,12-14,23,26H,8-11H2,(H2,22,28)/b4-3+. The Labute approximate surface area is 163 Å². The van der Waals surface area contributed by atoms with E-state index in [0.717, 1.165) is 54.5 Å². The third kappa shape index (κ3) is 3.94. The maximum absolute atomic E-state index is 12.0. The summed E-state index contributed by atoms with van der Waals surface area (Å²) in [4.78, 5) is 26.0. The average Bonchev–Trinajstić information content (AvgIpc) is 3.20. The molecule has 0 spiro atoms. The van der Waals surface area contributed by atoms with Gasteiger partial charge in [-0.3, -0.25) is 14.8 Å². The van der Waals surface area contributed by atoms with Crippen molar-refractivity contribution in [1.82, 2.24) is 20.3 Å². The van der Waals surface area contributed by atoms with Crippen molar-refractivity contribution in [3.8, 4) is 11.3 Å². The summed E-state index contributed by atoms with van der Waals surface area (Å²) in [6.45, 7) is 3.42. The SMILES string of the molecule is NC(=O)c1cc(-c2ccnc(/C=C/c3cccnc3)c2)[nH]c1N1CCNCC1. The molecule has 28 heavy (non-hydrogen) atoms. The molecule has 1 fully saturated rings. The summed E-state index contributed by atoms with van der Waals surface area (Å²) in [5.74, 6) is 0.357. The molecular formula is C21H22N6O. The lowest BCUT2D eigenvalue weighted by atomic mass is 10.1. The zero-order valence-corrected chi connectivity index (χ0v) is 15.4. The Kier molecular flexibility index (Phi) is 5.16. The highest BCUT2D eigenvalue weighted by Crippen LogP contribution is 2.28. The van der Waals surface area contributed by atoms with Crippen LogP contribution in [-0.2, 0) is 0 Å². The van der Waals surface area contributed by atoms with Gasteiger partial charge < -0.3 is 20.9 Å². The first-order valence-electron chi connectivity index (χ1n) is 9.24. The number of carbonyl (C=O) groups is 1. The van der Waals surface area contributed by atoms with E-state index in [4.69, 9.17) is 5.73 Å². The number of nitrogens with two attached hydrogens (primary N) is 1. The van der Waals surface area contributed by atoms with Gasteiger partial charge in [0.1, 0.15) is 5.82 Å². The van der Waals surface area contributed by atoms with Gasteiger partial charge in [0.2, 0.25) is 0 Å². The fraction of sp³-hybridized carbons (Fsp3) is 0.190. The van der Waals surface area contributed by atoms with E-state index in [1.54, 1.807) is 18.6 Å². The van der Waals surface area contributed by atoms with Gasteiger partial charge in [-0.15, -0.1) is 0 Å². The van der Waals surface area contributed by atoms with Crippen LogP contribution in [0.2, 0.25) is 0 Å². The predicted octanol–water partition coefficient (Wildman–Crippen LogP) is 2.15. The van der Waals surface area contributed by atoms with Crippen molar-refractivity contribution in [2.45, 2.75) is 0 Å². The van der Waals surface area contributed by atoms with Crippen molar-refractivity contribution in [1.29, 1.82) is 0 Å². The summed E-state index contributed by atoms with van der Waals surface area (Å²) in [6, 6.07) is 9.59. The number of primary amides is 1. The number of carbonyl (C=O) groups excluding carboxylic acids is 1. The number of amides is 1. The average molecular weight is 374 g/mol. The first kappa shape index (κ1) is 17.9. The van der Waals surface area contributed by atoms with E-state index in [1.807, 2.05) is 42.5 Å². The Morgan fingerprint density at radius 3 is 2.75 bits per heavy atom. The van der Waals surface area contributed by atoms with E-state index < -0.39 is 5.91 Å². The maximum Gasteiger partial charge on any atom is 0.252 e. The lowest BCUT2D eigenvalue weighted by Crippen LogP contribution is -2.44. The van der Waals surface area contributed by atoms with Crippen molar-refractivity contribution in [3.63, 3.8) is 0 Å². The topological polar surface area (TPSA) is 99.9 Å². The molecule has 3 aromatic heterocycles. The molecule has 0 atom stereocenters.